The molecule has 5 heterocycles. The number of carbonyl (C=O) groups is 7. The van der Waals surface area contributed by atoms with E-state index in [1.165, 1.54) is 50.1 Å². The predicted octanol–water partition coefficient (Wildman–Crippen LogP) is 2.21. The second kappa shape index (κ2) is 30.8. The third-order valence-corrected chi connectivity index (χ3v) is 14.8. The number of fused-ring (bicyclic) bond motifs is 5. The molecular weight excluding hydrogens is 1100 g/mol. The first-order valence-electron chi connectivity index (χ1n) is 27.1. The maximum Gasteiger partial charge on any atom is 0.409 e. The first-order chi connectivity index (χ1) is 39.2. The summed E-state index contributed by atoms with van der Waals surface area (Å²) in [5.41, 5.74) is -0.524. The Balaban J connectivity index is 0.905. The lowest BCUT2D eigenvalue weighted by Crippen LogP contribution is -2.63. The lowest BCUT2D eigenvalue weighted by molar-refractivity contribution is -0.162. The summed E-state index contributed by atoms with van der Waals surface area (Å²) in [4.78, 5) is 93.5. The molecule has 82 heavy (non-hydrogen) atoms. The molecule has 2 fully saturated rings. The van der Waals surface area contributed by atoms with E-state index >= 15 is 0 Å². The number of ether oxygens (including phenoxy) is 10. The number of aliphatic hydroxyl groups is 1. The number of imide groups is 1. The first kappa shape index (κ1) is 64.8. The van der Waals surface area contributed by atoms with E-state index in [-0.39, 0.29) is 76.1 Å². The largest absolute Gasteiger partial charge is 0.495 e. The highest BCUT2D eigenvalue weighted by Crippen LogP contribution is 2.49. The van der Waals surface area contributed by atoms with Crippen molar-refractivity contribution in [1.29, 1.82) is 0 Å². The first-order valence-corrected chi connectivity index (χ1v) is 27.5. The van der Waals surface area contributed by atoms with Crippen molar-refractivity contribution in [3.63, 3.8) is 0 Å². The summed E-state index contributed by atoms with van der Waals surface area (Å²) in [5, 5.41) is 25.5. The molecule has 26 nitrogen and oxygen atoms in total. The topological polar surface area (TPSA) is 300 Å². The Morgan fingerprint density at radius 2 is 1.62 bits per heavy atom. The van der Waals surface area contributed by atoms with E-state index in [9.17, 15) is 38.7 Å². The van der Waals surface area contributed by atoms with Crippen molar-refractivity contribution in [3.05, 3.63) is 70.6 Å². The van der Waals surface area contributed by atoms with Gasteiger partial charge in [-0.1, -0.05) is 47.5 Å². The van der Waals surface area contributed by atoms with Gasteiger partial charge in [-0.05, 0) is 44.9 Å². The molecule has 0 radical (unpaired) electrons. The molecule has 27 heteroatoms. The Labute approximate surface area is 481 Å². The fourth-order valence-corrected chi connectivity index (χ4v) is 9.69. The lowest BCUT2D eigenvalue weighted by atomic mass is 9.83. The molecule has 2 saturated heterocycles. The van der Waals surface area contributed by atoms with Crippen LogP contribution in [-0.4, -0.2) is 214 Å². The number of halogens is 1. The average molecular weight is 1170 g/mol. The standard InChI is InChI=1S/C55H77ClN8O18/c1-35-10-9-11-43(74-8)55(72)32-42(80-53(71)58-55)36(2)51-54(4,82-51)44(31-49(69)62(6)40-29-38(28-35)30-41(73-7)50(40)56)81-52(70)37(3)61(5)46(66)15-19-75-21-18-63-33-39(59-60-63)34-79-27-26-78-25-24-77-23-22-76-20-16-57-45(65)14-17-64-47(67)12-13-48(64)68/h9-13,29-30,33,36-37,42-44,51,72H,14-28,31-32,34H2,1-8H3,(H,57,65)(H,58,71)/b11-9+,35-10+/t36-,37+,42+,43?,44+,51+,54?,55+/m1/s1. The van der Waals surface area contributed by atoms with Gasteiger partial charge in [-0.3, -0.25) is 34.2 Å². The number of hydrogen-bond donors (Lipinski definition) is 3. The minimum atomic E-state index is -1.87. The van der Waals surface area contributed by atoms with Gasteiger partial charge in [-0.25, -0.2) is 14.3 Å². The van der Waals surface area contributed by atoms with Crippen LogP contribution in [0.4, 0.5) is 10.5 Å². The number of methoxy groups -OCH3 is 2. The van der Waals surface area contributed by atoms with Gasteiger partial charge in [0.15, 0.2) is 5.72 Å². The number of rotatable bonds is 28. The quantitative estimate of drug-likeness (QED) is 0.0476. The lowest BCUT2D eigenvalue weighted by Gasteiger charge is -2.42. The van der Waals surface area contributed by atoms with Crippen molar-refractivity contribution in [3.8, 4) is 5.75 Å². The van der Waals surface area contributed by atoms with Crippen LogP contribution in [0.3, 0.4) is 0 Å². The van der Waals surface area contributed by atoms with E-state index in [1.54, 1.807) is 56.1 Å². The highest BCUT2D eigenvalue weighted by atomic mass is 35.5. The van der Waals surface area contributed by atoms with Crippen LogP contribution in [0.25, 0.3) is 0 Å². The van der Waals surface area contributed by atoms with E-state index in [0.29, 0.717) is 69.7 Å². The summed E-state index contributed by atoms with van der Waals surface area (Å²) in [7, 11) is 5.92. The number of anilines is 1. The van der Waals surface area contributed by atoms with Gasteiger partial charge < -0.3 is 67.6 Å². The molecule has 2 unspecified atom stereocenters. The molecule has 1 aromatic heterocycles. The van der Waals surface area contributed by atoms with Crippen LogP contribution in [-0.2, 0) is 91.0 Å². The van der Waals surface area contributed by atoms with Crippen LogP contribution in [0, 0.1) is 5.92 Å². The molecule has 452 valence electrons. The van der Waals surface area contributed by atoms with E-state index in [1.807, 2.05) is 13.0 Å². The summed E-state index contributed by atoms with van der Waals surface area (Å²) in [5.74, 6) is -3.05. The number of nitrogens with zero attached hydrogens (tertiary/aromatic N) is 6. The molecule has 4 bridgehead atoms. The van der Waals surface area contributed by atoms with Crippen LogP contribution in [0.15, 0.2) is 54.3 Å². The van der Waals surface area contributed by atoms with Gasteiger partial charge in [0.2, 0.25) is 17.7 Å². The maximum absolute atomic E-state index is 14.3. The Morgan fingerprint density at radius 3 is 2.30 bits per heavy atom. The maximum atomic E-state index is 14.3. The van der Waals surface area contributed by atoms with Crippen LogP contribution in [0.5, 0.6) is 5.75 Å². The molecule has 6 rings (SSSR count). The third kappa shape index (κ3) is 18.1. The second-order valence-electron chi connectivity index (χ2n) is 20.4. The minimum Gasteiger partial charge on any atom is -0.495 e. The van der Waals surface area contributed by atoms with Crippen LogP contribution in [0.1, 0.15) is 64.6 Å². The average Bonchev–Trinajstić information content (AvgIpc) is 4.02. The van der Waals surface area contributed by atoms with Crippen LogP contribution >= 0.6 is 11.6 Å². The second-order valence-corrected chi connectivity index (χ2v) is 20.8. The predicted molar refractivity (Wildman–Crippen MR) is 292 cm³/mol. The number of amides is 6. The van der Waals surface area contributed by atoms with Gasteiger partial charge in [-0.15, -0.1) is 5.10 Å². The van der Waals surface area contributed by atoms with Crippen LogP contribution < -0.4 is 20.3 Å². The van der Waals surface area contributed by atoms with Gasteiger partial charge in [0.25, 0.3) is 11.8 Å². The fourth-order valence-electron chi connectivity index (χ4n) is 9.38. The zero-order chi connectivity index (χ0) is 59.6. The van der Waals surface area contributed by atoms with Crippen molar-refractivity contribution in [2.75, 3.05) is 106 Å². The van der Waals surface area contributed by atoms with Crippen molar-refractivity contribution in [2.24, 2.45) is 5.92 Å². The summed E-state index contributed by atoms with van der Waals surface area (Å²) < 4.78 is 58.9. The van der Waals surface area contributed by atoms with Gasteiger partial charge in [0.1, 0.15) is 46.4 Å². The summed E-state index contributed by atoms with van der Waals surface area (Å²) >= 11 is 6.82. The molecule has 4 aliphatic rings. The number of benzene rings is 1. The number of aromatic nitrogens is 3. The number of hydrogen-bond acceptors (Lipinski definition) is 20. The number of nitrogens with one attached hydrogen (secondary N) is 2. The number of esters is 1. The molecule has 8 atom stereocenters. The molecule has 2 aromatic rings. The number of likely N-dealkylation sites (N-methyl/N-ethyl adjacent to an activating group) is 1. The van der Waals surface area contributed by atoms with E-state index < -0.39 is 83.4 Å². The smallest absolute Gasteiger partial charge is 0.409 e. The summed E-state index contributed by atoms with van der Waals surface area (Å²) in [6, 6.07) is 2.45. The SMILES string of the molecule is COc1cc2cc(c1Cl)N(C)C(=O)C[C@H](OC(=O)[C@H](C)N(C)C(=O)CCOCCn1cc(COCCOCCOCCOCCNC(=O)CCN3C(=O)C=CC3=O)nn1)C1(C)O[C@H]1[C@H](C)[C@@H]1C[C@@](O)(NC(=O)O1)C(OC)/C=C/C=C(\C)C2. The van der Waals surface area contributed by atoms with E-state index in [4.69, 9.17) is 59.0 Å². The Hall–Kier alpha value is -6.36. The summed E-state index contributed by atoms with van der Waals surface area (Å²) in [6.45, 7) is 10.3. The fraction of sp³-hybridized carbons (Fsp3) is 0.618. The molecule has 4 aliphatic heterocycles. The molecule has 0 saturated carbocycles. The number of epoxide rings is 1. The van der Waals surface area contributed by atoms with Gasteiger partial charge in [0, 0.05) is 65.2 Å². The summed E-state index contributed by atoms with van der Waals surface area (Å²) in [6.07, 6.45) is 4.54. The van der Waals surface area contributed by atoms with Crippen molar-refractivity contribution >= 4 is 58.9 Å². The highest BCUT2D eigenvalue weighted by Gasteiger charge is 2.64. The normalized spacial score (nSPS) is 25.1. The van der Waals surface area contributed by atoms with Gasteiger partial charge in [-0.2, -0.15) is 0 Å². The zero-order valence-electron chi connectivity index (χ0n) is 47.8. The molecule has 3 N–H and O–H groups in total. The van der Waals surface area contributed by atoms with Crippen molar-refractivity contribution < 1.29 is 86.0 Å². The number of carbonyl (C=O) groups excluding carboxylic acids is 7. The molecule has 0 aliphatic carbocycles. The van der Waals surface area contributed by atoms with Crippen molar-refractivity contribution in [1.82, 2.24) is 35.4 Å². The molecule has 0 spiro atoms. The van der Waals surface area contributed by atoms with Crippen molar-refractivity contribution in [2.45, 2.75) is 115 Å². The van der Waals surface area contributed by atoms with Gasteiger partial charge in [0.05, 0.1) is 111 Å². The van der Waals surface area contributed by atoms with Crippen LogP contribution in [0.2, 0.25) is 5.02 Å². The molecule has 6 amide bonds. The number of alkyl carbamates (subject to hydrolysis) is 1. The molecule has 1 aromatic carbocycles. The third-order valence-electron chi connectivity index (χ3n) is 14.4. The number of allylic oxidation sites excluding steroid dienone is 3. The Bertz CT molecular complexity index is 2630. The van der Waals surface area contributed by atoms with E-state index in [0.717, 1.165) is 16.0 Å². The monoisotopic (exact) mass is 1170 g/mol. The van der Waals surface area contributed by atoms with E-state index in [2.05, 4.69) is 20.9 Å². The zero-order valence-corrected chi connectivity index (χ0v) is 48.5. The molecular formula is C55H77ClN8O18. The minimum absolute atomic E-state index is 0.0151. The highest BCUT2D eigenvalue weighted by molar-refractivity contribution is 6.35. The Kier molecular flexibility index (Phi) is 24.3. The van der Waals surface area contributed by atoms with Gasteiger partial charge >= 0.3 is 12.1 Å². The Morgan fingerprint density at radius 1 is 0.951 bits per heavy atom.